The number of amides is 2. The van der Waals surface area contributed by atoms with Gasteiger partial charge >= 0.3 is 6.03 Å². The Kier molecular flexibility index (Phi) is 3.43. The first kappa shape index (κ1) is 13.1. The second kappa shape index (κ2) is 4.72. The molecule has 0 aromatic heterocycles. The molecule has 0 bridgehead atoms. The molecule has 5 heteroatoms. The topological polar surface area (TPSA) is 56.2 Å². The van der Waals surface area contributed by atoms with Crippen LogP contribution in [0.4, 0.5) is 4.79 Å². The van der Waals surface area contributed by atoms with Crippen LogP contribution in [0.25, 0.3) is 0 Å². The molecule has 2 rings (SSSR count). The van der Waals surface area contributed by atoms with E-state index >= 15 is 0 Å². The Morgan fingerprint density at radius 2 is 2.11 bits per heavy atom. The minimum Gasteiger partial charge on any atom is -0.308 e. The number of hydrogen-bond donors (Lipinski definition) is 2. The van der Waals surface area contributed by atoms with Gasteiger partial charge in [-0.05, 0) is 38.0 Å². The van der Waals surface area contributed by atoms with Crippen molar-refractivity contribution >= 4 is 27.8 Å². The van der Waals surface area contributed by atoms with Crippen molar-refractivity contribution in [3.8, 4) is 0 Å². The van der Waals surface area contributed by atoms with Crippen molar-refractivity contribution in [3.63, 3.8) is 0 Å². The molecule has 0 saturated carbocycles. The summed E-state index contributed by atoms with van der Waals surface area (Å²) in [5, 5.41) is 10.5. The van der Waals surface area contributed by atoms with Gasteiger partial charge in [-0.3, -0.25) is 10.7 Å². The lowest BCUT2D eigenvalue weighted by atomic mass is 10.0. The summed E-state index contributed by atoms with van der Waals surface area (Å²) in [6, 6.07) is 5.48. The number of benzene rings is 1. The number of nitrogens with zero attached hydrogens (tertiary/aromatic N) is 1. The summed E-state index contributed by atoms with van der Waals surface area (Å²) >= 11 is 3.46. The minimum atomic E-state index is -0.302. The van der Waals surface area contributed by atoms with Gasteiger partial charge < -0.3 is 4.90 Å². The van der Waals surface area contributed by atoms with E-state index in [0.29, 0.717) is 0 Å². The van der Waals surface area contributed by atoms with E-state index in [1.165, 1.54) is 0 Å². The number of aryl methyl sites for hydroxylation is 1. The first-order valence-electron chi connectivity index (χ1n) is 5.85. The summed E-state index contributed by atoms with van der Waals surface area (Å²) in [7, 11) is 0. The number of halogens is 1. The third-order valence-corrected chi connectivity index (χ3v) is 3.97. The Hall–Kier alpha value is -1.36. The molecule has 1 aromatic rings. The van der Waals surface area contributed by atoms with Crippen molar-refractivity contribution < 1.29 is 4.79 Å². The smallest absolute Gasteiger partial charge is 0.308 e. The molecule has 1 heterocycles. The monoisotopic (exact) mass is 309 g/mol. The van der Waals surface area contributed by atoms with Gasteiger partial charge in [0.15, 0.2) is 0 Å². The van der Waals surface area contributed by atoms with Crippen LogP contribution in [0.2, 0.25) is 0 Å². The van der Waals surface area contributed by atoms with Crippen LogP contribution in [0.5, 0.6) is 0 Å². The molecule has 0 radical (unpaired) electrons. The van der Waals surface area contributed by atoms with E-state index in [1.54, 1.807) is 4.90 Å². The zero-order valence-electron chi connectivity index (χ0n) is 10.6. The molecule has 1 aliphatic rings. The van der Waals surface area contributed by atoms with E-state index in [9.17, 15) is 4.79 Å². The third-order valence-electron chi connectivity index (χ3n) is 3.08. The van der Waals surface area contributed by atoms with Gasteiger partial charge in [0, 0.05) is 10.5 Å². The molecule has 1 atom stereocenters. The van der Waals surface area contributed by atoms with Crippen molar-refractivity contribution in [1.29, 1.82) is 5.41 Å². The van der Waals surface area contributed by atoms with Gasteiger partial charge in [0.05, 0.1) is 0 Å². The highest BCUT2D eigenvalue weighted by Crippen LogP contribution is 2.30. The lowest BCUT2D eigenvalue weighted by molar-refractivity contribution is 0.190. The lowest BCUT2D eigenvalue weighted by Crippen LogP contribution is -2.35. The fraction of sp³-hybridized carbons (Fsp3) is 0.385. The van der Waals surface area contributed by atoms with Gasteiger partial charge in [0.25, 0.3) is 0 Å². The predicted octanol–water partition coefficient (Wildman–Crippen LogP) is 3.21. The lowest BCUT2D eigenvalue weighted by Gasteiger charge is -2.27. The van der Waals surface area contributed by atoms with Gasteiger partial charge in [-0.25, -0.2) is 4.79 Å². The van der Waals surface area contributed by atoms with Crippen molar-refractivity contribution in [2.24, 2.45) is 0 Å². The molecule has 2 amide bonds. The first-order chi connectivity index (χ1) is 8.41. The maximum Gasteiger partial charge on any atom is 0.323 e. The van der Waals surface area contributed by atoms with Crippen LogP contribution in [-0.4, -0.2) is 22.8 Å². The largest absolute Gasteiger partial charge is 0.323 e. The fourth-order valence-corrected chi connectivity index (χ4v) is 2.45. The number of carbonyl (C=O) groups excluding carboxylic acids is 1. The van der Waals surface area contributed by atoms with Gasteiger partial charge in [-0.2, -0.15) is 0 Å². The summed E-state index contributed by atoms with van der Waals surface area (Å²) in [6.45, 7) is 5.91. The predicted molar refractivity (Wildman–Crippen MR) is 74.9 cm³/mol. The second-order valence-corrected chi connectivity index (χ2v) is 5.61. The van der Waals surface area contributed by atoms with Gasteiger partial charge in [-0.1, -0.05) is 28.1 Å². The van der Waals surface area contributed by atoms with Crippen LogP contribution < -0.4 is 5.32 Å². The second-order valence-electron chi connectivity index (χ2n) is 4.76. The maximum absolute atomic E-state index is 11.8. The number of rotatable bonds is 2. The highest BCUT2D eigenvalue weighted by atomic mass is 79.9. The number of nitrogens with one attached hydrogen (secondary N) is 2. The molecule has 0 aliphatic carbocycles. The Morgan fingerprint density at radius 3 is 2.67 bits per heavy atom. The molecule has 1 aliphatic heterocycles. The molecule has 96 valence electrons. The molecular weight excluding hydrogens is 294 g/mol. The van der Waals surface area contributed by atoms with E-state index in [-0.39, 0.29) is 24.0 Å². The van der Waals surface area contributed by atoms with Gasteiger partial charge in [0.2, 0.25) is 0 Å². The van der Waals surface area contributed by atoms with E-state index in [0.717, 1.165) is 15.6 Å². The molecule has 0 spiro atoms. The standard InChI is InChI=1S/C13H16BrN3O/c1-7(2)17-11(12(15)16-13(17)18)9-4-5-10(14)8(3)6-9/h4-7,11H,1-3H3,(H2,15,16,18). The first-order valence-corrected chi connectivity index (χ1v) is 6.65. The molecule has 1 saturated heterocycles. The number of amidine groups is 1. The highest BCUT2D eigenvalue weighted by molar-refractivity contribution is 9.10. The quantitative estimate of drug-likeness (QED) is 0.866. The Bertz CT molecular complexity index is 513. The van der Waals surface area contributed by atoms with Gasteiger partial charge in [0.1, 0.15) is 11.9 Å². The normalized spacial score (nSPS) is 19.6. The maximum atomic E-state index is 11.8. The van der Waals surface area contributed by atoms with Crippen LogP contribution in [0.15, 0.2) is 22.7 Å². The van der Waals surface area contributed by atoms with Gasteiger partial charge in [-0.15, -0.1) is 0 Å². The van der Waals surface area contributed by atoms with E-state index in [2.05, 4.69) is 21.2 Å². The number of urea groups is 1. The van der Waals surface area contributed by atoms with E-state index < -0.39 is 0 Å². The van der Waals surface area contributed by atoms with Crippen LogP contribution in [-0.2, 0) is 0 Å². The zero-order valence-corrected chi connectivity index (χ0v) is 12.2. The summed E-state index contributed by atoms with van der Waals surface area (Å²) < 4.78 is 1.03. The molecule has 1 fully saturated rings. The number of hydrogen-bond acceptors (Lipinski definition) is 2. The third kappa shape index (κ3) is 2.14. The van der Waals surface area contributed by atoms with Crippen LogP contribution in [0.1, 0.15) is 31.0 Å². The molecule has 2 N–H and O–H groups in total. The summed E-state index contributed by atoms with van der Waals surface area (Å²) in [4.78, 5) is 13.5. The molecular formula is C13H16BrN3O. The highest BCUT2D eigenvalue weighted by Gasteiger charge is 2.38. The van der Waals surface area contributed by atoms with E-state index in [1.807, 2.05) is 39.0 Å². The van der Waals surface area contributed by atoms with Crippen molar-refractivity contribution in [1.82, 2.24) is 10.2 Å². The van der Waals surface area contributed by atoms with E-state index in [4.69, 9.17) is 5.41 Å². The van der Waals surface area contributed by atoms with Crippen LogP contribution >= 0.6 is 15.9 Å². The average Bonchev–Trinajstić information content (AvgIpc) is 2.57. The Balaban J connectivity index is 2.43. The average molecular weight is 310 g/mol. The molecule has 4 nitrogen and oxygen atoms in total. The van der Waals surface area contributed by atoms with Crippen LogP contribution in [0.3, 0.4) is 0 Å². The minimum absolute atomic E-state index is 0.0572. The SMILES string of the molecule is Cc1cc(C2C(=N)NC(=O)N2C(C)C)ccc1Br. The van der Waals surface area contributed by atoms with Crippen molar-refractivity contribution in [2.45, 2.75) is 32.9 Å². The summed E-state index contributed by atoms with van der Waals surface area (Å²) in [5.41, 5.74) is 2.07. The fourth-order valence-electron chi connectivity index (χ4n) is 2.20. The Labute approximate surface area is 115 Å². The summed E-state index contributed by atoms with van der Waals surface area (Å²) in [6.07, 6.45) is 0. The Morgan fingerprint density at radius 1 is 1.44 bits per heavy atom. The molecule has 18 heavy (non-hydrogen) atoms. The number of carbonyl (C=O) groups is 1. The van der Waals surface area contributed by atoms with Crippen molar-refractivity contribution in [2.75, 3.05) is 0 Å². The van der Waals surface area contributed by atoms with Crippen molar-refractivity contribution in [3.05, 3.63) is 33.8 Å². The molecule has 1 unspecified atom stereocenters. The van der Waals surface area contributed by atoms with Crippen LogP contribution in [0, 0.1) is 12.3 Å². The molecule has 1 aromatic carbocycles. The summed E-state index contributed by atoms with van der Waals surface area (Å²) in [5.74, 6) is 0.246. The zero-order chi connectivity index (χ0) is 13.4.